The molecule has 4 nitrogen and oxygen atoms in total. The lowest BCUT2D eigenvalue weighted by Gasteiger charge is -2.31. The maximum Gasteiger partial charge on any atom is 0.415 e. The molecule has 0 saturated carbocycles. The maximum atomic E-state index is 12.1. The van der Waals surface area contributed by atoms with Gasteiger partial charge in [0.25, 0.3) is 0 Å². The highest BCUT2D eigenvalue weighted by molar-refractivity contribution is 14.1. The van der Waals surface area contributed by atoms with E-state index in [4.69, 9.17) is 4.74 Å². The van der Waals surface area contributed by atoms with Gasteiger partial charge in [-0.1, -0.05) is 34.7 Å². The van der Waals surface area contributed by atoms with Crippen molar-refractivity contribution in [2.75, 3.05) is 24.5 Å². The molecule has 0 aromatic heterocycles. The molecule has 19 heavy (non-hydrogen) atoms. The molecule has 0 atom stereocenters. The molecule has 0 aliphatic carbocycles. The quantitative estimate of drug-likeness (QED) is 0.641. The second-order valence-corrected chi connectivity index (χ2v) is 5.95. The number of nitrogens with zero attached hydrogens (tertiary/aromatic N) is 1. The van der Waals surface area contributed by atoms with Crippen molar-refractivity contribution >= 4 is 34.4 Å². The van der Waals surface area contributed by atoms with Gasteiger partial charge >= 0.3 is 6.09 Å². The van der Waals surface area contributed by atoms with E-state index in [0.29, 0.717) is 6.54 Å². The van der Waals surface area contributed by atoms with Crippen LogP contribution in [-0.4, -0.2) is 31.3 Å². The number of amides is 1. The molecule has 0 radical (unpaired) electrons. The first kappa shape index (κ1) is 13.2. The lowest BCUT2D eigenvalue weighted by molar-refractivity contribution is 0.0316. The summed E-state index contributed by atoms with van der Waals surface area (Å²) in [5.74, 6) is 0. The molecule has 2 fully saturated rings. The molecule has 1 amide bonds. The normalized spacial score (nSPS) is 21.7. The average Bonchev–Trinajstić information content (AvgIpc) is 2.76. The van der Waals surface area contributed by atoms with Crippen LogP contribution in [0.15, 0.2) is 24.3 Å². The van der Waals surface area contributed by atoms with Gasteiger partial charge in [-0.2, -0.15) is 0 Å². The van der Waals surface area contributed by atoms with E-state index in [2.05, 4.69) is 40.0 Å². The summed E-state index contributed by atoms with van der Waals surface area (Å²) in [5, 5.41) is 3.31. The zero-order valence-corrected chi connectivity index (χ0v) is 12.9. The van der Waals surface area contributed by atoms with Gasteiger partial charge in [0.05, 0.1) is 6.54 Å². The molecule has 2 aliphatic heterocycles. The van der Waals surface area contributed by atoms with E-state index in [-0.39, 0.29) is 11.7 Å². The predicted molar refractivity (Wildman–Crippen MR) is 82.8 cm³/mol. The zero-order valence-electron chi connectivity index (χ0n) is 10.7. The third kappa shape index (κ3) is 2.58. The minimum absolute atomic E-state index is 0.205. The molecule has 1 N–H and O–H groups in total. The lowest BCUT2D eigenvalue weighted by Crippen LogP contribution is -2.44. The van der Waals surface area contributed by atoms with Gasteiger partial charge in [0.15, 0.2) is 0 Å². The van der Waals surface area contributed by atoms with Crippen molar-refractivity contribution in [3.8, 4) is 0 Å². The lowest BCUT2D eigenvalue weighted by atomic mass is 9.92. The topological polar surface area (TPSA) is 41.6 Å². The van der Waals surface area contributed by atoms with Crippen molar-refractivity contribution < 1.29 is 9.53 Å². The van der Waals surface area contributed by atoms with Crippen molar-refractivity contribution in [1.29, 1.82) is 0 Å². The Hall–Kier alpha value is -0.820. The van der Waals surface area contributed by atoms with E-state index < -0.39 is 0 Å². The number of carbonyl (C=O) groups is 1. The molecule has 1 spiro atoms. The van der Waals surface area contributed by atoms with Crippen LogP contribution in [0.1, 0.15) is 18.4 Å². The summed E-state index contributed by atoms with van der Waals surface area (Å²) >= 11 is 2.34. The Labute approximate surface area is 126 Å². The second-order valence-electron chi connectivity index (χ2n) is 5.19. The Balaban J connectivity index is 1.79. The Morgan fingerprint density at radius 3 is 2.58 bits per heavy atom. The van der Waals surface area contributed by atoms with Crippen molar-refractivity contribution in [1.82, 2.24) is 5.32 Å². The van der Waals surface area contributed by atoms with Gasteiger partial charge in [-0.05, 0) is 30.8 Å². The summed E-state index contributed by atoms with van der Waals surface area (Å²) < 4.78 is 6.64. The van der Waals surface area contributed by atoms with E-state index in [1.165, 1.54) is 5.56 Å². The highest BCUT2D eigenvalue weighted by Gasteiger charge is 2.46. The summed E-state index contributed by atoms with van der Waals surface area (Å²) in [6.45, 7) is 2.53. The highest BCUT2D eigenvalue weighted by atomic mass is 127. The largest absolute Gasteiger partial charge is 0.441 e. The van der Waals surface area contributed by atoms with Gasteiger partial charge in [0, 0.05) is 23.0 Å². The van der Waals surface area contributed by atoms with Gasteiger partial charge in [0.1, 0.15) is 5.60 Å². The number of benzene rings is 1. The number of halogens is 1. The fourth-order valence-corrected chi connectivity index (χ4v) is 3.24. The number of carbonyl (C=O) groups excluding carboxylic acids is 1. The first-order valence-electron chi connectivity index (χ1n) is 6.59. The molecule has 0 bridgehead atoms. The van der Waals surface area contributed by atoms with Crippen LogP contribution in [0.5, 0.6) is 0 Å². The molecule has 2 saturated heterocycles. The molecule has 1 aromatic carbocycles. The Kier molecular flexibility index (Phi) is 3.66. The van der Waals surface area contributed by atoms with Gasteiger partial charge < -0.3 is 10.1 Å². The van der Waals surface area contributed by atoms with Crippen LogP contribution in [0.3, 0.4) is 0 Å². The van der Waals surface area contributed by atoms with Crippen LogP contribution in [-0.2, 0) is 9.16 Å². The fourth-order valence-electron chi connectivity index (χ4n) is 2.73. The number of hydrogen-bond acceptors (Lipinski definition) is 3. The number of alkyl halides is 1. The van der Waals surface area contributed by atoms with Gasteiger partial charge in [-0.15, -0.1) is 0 Å². The Bertz CT molecular complexity index is 469. The first-order chi connectivity index (χ1) is 9.22. The van der Waals surface area contributed by atoms with E-state index in [9.17, 15) is 4.79 Å². The van der Waals surface area contributed by atoms with Crippen LogP contribution < -0.4 is 10.2 Å². The standard InChI is InChI=1S/C14H17IN2O2/c15-9-11-1-3-12(4-2-11)17-10-14(19-13(17)18)5-7-16-8-6-14/h1-4,16H,5-10H2. The van der Waals surface area contributed by atoms with Crippen LogP contribution >= 0.6 is 22.6 Å². The third-order valence-corrected chi connectivity index (χ3v) is 4.77. The van der Waals surface area contributed by atoms with Gasteiger partial charge in [0.2, 0.25) is 0 Å². The minimum Gasteiger partial charge on any atom is -0.441 e. The average molecular weight is 372 g/mol. The maximum absolute atomic E-state index is 12.1. The molecule has 3 rings (SSSR count). The Morgan fingerprint density at radius 1 is 1.26 bits per heavy atom. The summed E-state index contributed by atoms with van der Waals surface area (Å²) in [6, 6.07) is 8.16. The number of rotatable bonds is 2. The van der Waals surface area contributed by atoms with Crippen LogP contribution in [0.4, 0.5) is 10.5 Å². The van der Waals surface area contributed by atoms with E-state index in [0.717, 1.165) is 36.0 Å². The summed E-state index contributed by atoms with van der Waals surface area (Å²) in [5.41, 5.74) is 1.94. The van der Waals surface area contributed by atoms with E-state index in [1.54, 1.807) is 4.90 Å². The van der Waals surface area contributed by atoms with Crippen molar-refractivity contribution in [2.45, 2.75) is 22.9 Å². The number of piperidine rings is 1. The molecular formula is C14H17IN2O2. The molecular weight excluding hydrogens is 355 g/mol. The molecule has 5 heteroatoms. The van der Waals surface area contributed by atoms with Crippen molar-refractivity contribution in [3.63, 3.8) is 0 Å². The predicted octanol–water partition coefficient (Wildman–Crippen LogP) is 2.70. The first-order valence-corrected chi connectivity index (χ1v) is 8.11. The minimum atomic E-state index is -0.274. The molecule has 102 valence electrons. The van der Waals surface area contributed by atoms with Crippen molar-refractivity contribution in [3.05, 3.63) is 29.8 Å². The molecule has 1 aromatic rings. The SMILES string of the molecule is O=C1OC2(CCNCC2)CN1c1ccc(CI)cc1. The molecule has 2 heterocycles. The van der Waals surface area contributed by atoms with Crippen LogP contribution in [0.25, 0.3) is 0 Å². The number of ether oxygens (including phenoxy) is 1. The van der Waals surface area contributed by atoms with Crippen molar-refractivity contribution in [2.24, 2.45) is 0 Å². The smallest absolute Gasteiger partial charge is 0.415 e. The molecule has 0 unspecified atom stereocenters. The van der Waals surface area contributed by atoms with Gasteiger partial charge in [-0.3, -0.25) is 4.90 Å². The Morgan fingerprint density at radius 2 is 1.95 bits per heavy atom. The summed E-state index contributed by atoms with van der Waals surface area (Å²) in [6.07, 6.45) is 1.60. The number of anilines is 1. The van der Waals surface area contributed by atoms with Crippen LogP contribution in [0, 0.1) is 0 Å². The van der Waals surface area contributed by atoms with E-state index >= 15 is 0 Å². The molecule has 2 aliphatic rings. The highest BCUT2D eigenvalue weighted by Crippen LogP contribution is 2.34. The number of hydrogen-bond donors (Lipinski definition) is 1. The second kappa shape index (κ2) is 5.28. The van der Waals surface area contributed by atoms with E-state index in [1.807, 2.05) is 12.1 Å². The monoisotopic (exact) mass is 372 g/mol. The van der Waals surface area contributed by atoms with Gasteiger partial charge in [-0.25, -0.2) is 4.79 Å². The summed E-state index contributed by atoms with van der Waals surface area (Å²) in [7, 11) is 0. The van der Waals surface area contributed by atoms with Crippen LogP contribution in [0.2, 0.25) is 0 Å². The fraction of sp³-hybridized carbons (Fsp3) is 0.500. The zero-order chi connectivity index (χ0) is 13.3. The number of nitrogens with one attached hydrogen (secondary N) is 1. The third-order valence-electron chi connectivity index (χ3n) is 3.89. The summed E-state index contributed by atoms with van der Waals surface area (Å²) in [4.78, 5) is 13.9.